The molecule has 4 rings (SSSR count). The lowest BCUT2D eigenvalue weighted by molar-refractivity contribution is 1.28. The first-order valence-corrected chi connectivity index (χ1v) is 8.31. The summed E-state index contributed by atoms with van der Waals surface area (Å²) in [6.45, 7) is 0. The van der Waals surface area contributed by atoms with Crippen molar-refractivity contribution in [2.24, 2.45) is 0 Å². The van der Waals surface area contributed by atoms with Crippen molar-refractivity contribution in [3.63, 3.8) is 0 Å². The van der Waals surface area contributed by atoms with Crippen LogP contribution in [0.15, 0.2) is 115 Å². The van der Waals surface area contributed by atoms with E-state index in [1.165, 1.54) is 0 Å². The maximum absolute atomic E-state index is 8.47. The van der Waals surface area contributed by atoms with Crippen molar-refractivity contribution >= 4 is 28.4 Å². The Hall–Kier alpha value is -3.52. The van der Waals surface area contributed by atoms with Crippen molar-refractivity contribution in [2.45, 2.75) is 0 Å². The number of anilines is 5. The normalized spacial score (nSPS) is 13.0. The molecule has 0 aliphatic rings. The Balaban J connectivity index is 1.89. The standard InChI is InChI=1S/C24H20N2/c1-4-11-20(12-5-1)25-21-13-10-18-24(19-21)26(22-14-6-2-7-15-22)23-16-8-3-9-17-23/h1-19,25H/i2D,6D,7D,14D,15D. The molecule has 0 fully saturated rings. The van der Waals surface area contributed by atoms with Crippen molar-refractivity contribution in [2.75, 3.05) is 10.2 Å². The Morgan fingerprint density at radius 3 is 1.92 bits per heavy atom. The molecule has 0 amide bonds. The Bertz CT molecular complexity index is 1180. The molecule has 4 aromatic rings. The average molecular weight is 341 g/mol. The molecule has 0 saturated heterocycles. The molecule has 0 atom stereocenters. The Morgan fingerprint density at radius 1 is 0.577 bits per heavy atom. The van der Waals surface area contributed by atoms with E-state index in [-0.39, 0.29) is 29.9 Å². The molecule has 4 aromatic carbocycles. The Morgan fingerprint density at radius 2 is 1.19 bits per heavy atom. The average Bonchev–Trinajstić information content (AvgIpc) is 2.80. The maximum Gasteiger partial charge on any atom is 0.0645 e. The zero-order valence-electron chi connectivity index (χ0n) is 19.0. The first-order valence-electron chi connectivity index (χ1n) is 10.8. The molecule has 0 radical (unpaired) electrons. The highest BCUT2D eigenvalue weighted by Gasteiger charge is 2.12. The summed E-state index contributed by atoms with van der Waals surface area (Å²) in [7, 11) is 0. The van der Waals surface area contributed by atoms with Crippen molar-refractivity contribution < 1.29 is 6.85 Å². The highest BCUT2D eigenvalue weighted by atomic mass is 15.1. The van der Waals surface area contributed by atoms with Gasteiger partial charge in [-0.1, -0.05) is 60.6 Å². The summed E-state index contributed by atoms with van der Waals surface area (Å²) in [5.74, 6) is 0. The molecule has 0 aliphatic carbocycles. The van der Waals surface area contributed by atoms with Crippen molar-refractivity contribution in [3.05, 3.63) is 115 Å². The number of rotatable bonds is 5. The minimum Gasteiger partial charge on any atom is -0.355 e. The molecule has 0 aliphatic heterocycles. The fourth-order valence-corrected chi connectivity index (χ4v) is 2.75. The van der Waals surface area contributed by atoms with E-state index in [1.807, 2.05) is 84.9 Å². The van der Waals surface area contributed by atoms with Gasteiger partial charge in [0.2, 0.25) is 0 Å². The number of nitrogens with zero attached hydrogens (tertiary/aromatic N) is 1. The zero-order valence-corrected chi connectivity index (χ0v) is 14.0. The molecule has 1 N–H and O–H groups in total. The smallest absolute Gasteiger partial charge is 0.0645 e. The van der Waals surface area contributed by atoms with Crippen molar-refractivity contribution in [1.82, 2.24) is 0 Å². The lowest BCUT2D eigenvalue weighted by Crippen LogP contribution is -2.09. The van der Waals surface area contributed by atoms with E-state index < -0.39 is 6.04 Å². The third-order valence-electron chi connectivity index (χ3n) is 3.89. The van der Waals surface area contributed by atoms with Crippen LogP contribution in [0.5, 0.6) is 0 Å². The van der Waals surface area contributed by atoms with Crippen molar-refractivity contribution in [1.29, 1.82) is 0 Å². The van der Waals surface area contributed by atoms with Gasteiger partial charge in [0.25, 0.3) is 0 Å². The molecule has 0 unspecified atom stereocenters. The van der Waals surface area contributed by atoms with E-state index in [0.717, 1.165) is 11.4 Å². The van der Waals surface area contributed by atoms with E-state index in [9.17, 15) is 0 Å². The number of hydrogen-bond acceptors (Lipinski definition) is 2. The maximum atomic E-state index is 8.47. The molecule has 0 aromatic heterocycles. The fourth-order valence-electron chi connectivity index (χ4n) is 2.75. The van der Waals surface area contributed by atoms with Crippen molar-refractivity contribution in [3.8, 4) is 0 Å². The van der Waals surface area contributed by atoms with Crippen LogP contribution in [0, 0.1) is 0 Å². The van der Waals surface area contributed by atoms with Gasteiger partial charge in [0, 0.05) is 28.4 Å². The summed E-state index contributed by atoms with van der Waals surface area (Å²) < 4.78 is 41.1. The Labute approximate surface area is 161 Å². The van der Waals surface area contributed by atoms with E-state index in [2.05, 4.69) is 5.32 Å². The van der Waals surface area contributed by atoms with Gasteiger partial charge in [0.05, 0.1) is 6.85 Å². The summed E-state index contributed by atoms with van der Waals surface area (Å²) >= 11 is 0. The van der Waals surface area contributed by atoms with Crippen LogP contribution in [-0.2, 0) is 0 Å². The second-order valence-electron chi connectivity index (χ2n) is 5.69. The lowest BCUT2D eigenvalue weighted by atomic mass is 10.1. The van der Waals surface area contributed by atoms with Gasteiger partial charge in [-0.3, -0.25) is 0 Å². The quantitative estimate of drug-likeness (QED) is 0.425. The number of para-hydroxylation sites is 3. The molecular formula is C24H20N2. The molecule has 0 bridgehead atoms. The van der Waals surface area contributed by atoms with Crippen LogP contribution >= 0.6 is 0 Å². The first kappa shape index (κ1) is 11.2. The van der Waals surface area contributed by atoms with E-state index in [1.54, 1.807) is 4.90 Å². The lowest BCUT2D eigenvalue weighted by Gasteiger charge is -2.26. The third-order valence-corrected chi connectivity index (χ3v) is 3.89. The molecule has 26 heavy (non-hydrogen) atoms. The zero-order chi connectivity index (χ0) is 22.0. The van der Waals surface area contributed by atoms with E-state index >= 15 is 0 Å². The largest absolute Gasteiger partial charge is 0.355 e. The van der Waals surface area contributed by atoms with Crippen LogP contribution in [0.25, 0.3) is 0 Å². The minimum absolute atomic E-state index is 0.106. The predicted octanol–water partition coefficient (Wildman–Crippen LogP) is 6.90. The molecule has 2 nitrogen and oxygen atoms in total. The van der Waals surface area contributed by atoms with E-state index in [0.29, 0.717) is 11.4 Å². The summed E-state index contributed by atoms with van der Waals surface area (Å²) in [6, 6.07) is 24.9. The molecular weight excluding hydrogens is 316 g/mol. The highest BCUT2D eigenvalue weighted by Crippen LogP contribution is 2.35. The van der Waals surface area contributed by atoms with Gasteiger partial charge in [-0.2, -0.15) is 0 Å². The number of benzene rings is 4. The summed E-state index contributed by atoms with van der Waals surface area (Å²) in [6.07, 6.45) is 0. The molecule has 126 valence electrons. The van der Waals surface area contributed by atoms with Crippen LogP contribution < -0.4 is 10.2 Å². The van der Waals surface area contributed by atoms with Crippen LogP contribution in [-0.4, -0.2) is 0 Å². The predicted molar refractivity (Wildman–Crippen MR) is 111 cm³/mol. The first-order chi connectivity index (χ1) is 15.0. The van der Waals surface area contributed by atoms with Gasteiger partial charge in [0.15, 0.2) is 0 Å². The monoisotopic (exact) mass is 341 g/mol. The van der Waals surface area contributed by atoms with E-state index in [4.69, 9.17) is 6.85 Å². The third kappa shape index (κ3) is 3.60. The molecule has 0 saturated carbocycles. The van der Waals surface area contributed by atoms with Gasteiger partial charge < -0.3 is 10.2 Å². The van der Waals surface area contributed by atoms with Gasteiger partial charge in [0.1, 0.15) is 0 Å². The van der Waals surface area contributed by atoms with Gasteiger partial charge in [-0.15, -0.1) is 0 Å². The summed E-state index contributed by atoms with van der Waals surface area (Å²) in [5, 5.41) is 3.34. The molecule has 0 spiro atoms. The fraction of sp³-hybridized carbons (Fsp3) is 0. The van der Waals surface area contributed by atoms with Gasteiger partial charge in [-0.25, -0.2) is 0 Å². The number of nitrogens with one attached hydrogen (secondary N) is 1. The Kier molecular flexibility index (Phi) is 3.25. The summed E-state index contributed by atoms with van der Waals surface area (Å²) in [4.78, 5) is 1.69. The minimum atomic E-state index is -0.411. The van der Waals surface area contributed by atoms with Crippen LogP contribution in [0.2, 0.25) is 0 Å². The van der Waals surface area contributed by atoms with Crippen LogP contribution in [0.3, 0.4) is 0 Å². The van der Waals surface area contributed by atoms with Crippen LogP contribution in [0.4, 0.5) is 28.4 Å². The molecule has 2 heteroatoms. The van der Waals surface area contributed by atoms with Gasteiger partial charge in [-0.05, 0) is 54.5 Å². The number of hydrogen-bond donors (Lipinski definition) is 1. The van der Waals surface area contributed by atoms with Gasteiger partial charge >= 0.3 is 0 Å². The second-order valence-corrected chi connectivity index (χ2v) is 5.69. The SMILES string of the molecule is [2H]c1c([2H])c([2H])c(N(c2ccccc2)c2cccc(Nc3ccccc3)c2)c([2H])c1[2H]. The van der Waals surface area contributed by atoms with Crippen LogP contribution in [0.1, 0.15) is 6.85 Å². The highest BCUT2D eigenvalue weighted by molar-refractivity contribution is 5.78. The second kappa shape index (κ2) is 7.58. The topological polar surface area (TPSA) is 15.3 Å². The summed E-state index contributed by atoms with van der Waals surface area (Å²) in [5.41, 5.74) is 3.21. The molecule has 0 heterocycles.